The third kappa shape index (κ3) is 5.64. The first kappa shape index (κ1) is 30.1. The second-order valence-corrected chi connectivity index (χ2v) is 13.1. The van der Waals surface area contributed by atoms with E-state index in [0.717, 1.165) is 26.9 Å². The van der Waals surface area contributed by atoms with Crippen LogP contribution < -0.4 is 5.32 Å². The van der Waals surface area contributed by atoms with Crippen molar-refractivity contribution in [2.24, 2.45) is 5.92 Å². The molecule has 9 heteroatoms. The number of nitrogens with one attached hydrogen (secondary N) is 1. The monoisotopic (exact) mass is 594 g/mol. The number of allylic oxidation sites excluding steroid dienone is 1. The lowest BCUT2D eigenvalue weighted by atomic mass is 9.93. The molecule has 1 unspecified atom stereocenters. The number of thioether (sulfide) groups is 1. The number of benzene rings is 1. The lowest BCUT2D eigenvalue weighted by Crippen LogP contribution is -2.45. The Morgan fingerprint density at radius 1 is 1.29 bits per heavy atom. The number of hydrogen-bond donors (Lipinski definition) is 1. The van der Waals surface area contributed by atoms with E-state index < -0.39 is 24.0 Å². The molecule has 3 aliphatic rings. The molecule has 0 radical (unpaired) electrons. The van der Waals surface area contributed by atoms with Crippen LogP contribution in [0.2, 0.25) is 0 Å². The van der Waals surface area contributed by atoms with Crippen molar-refractivity contribution in [3.05, 3.63) is 83.9 Å². The number of nitrogens with zero attached hydrogens (tertiary/aromatic N) is 3. The molecule has 2 aromatic rings. The van der Waals surface area contributed by atoms with Crippen LogP contribution in [0.3, 0.4) is 0 Å². The van der Waals surface area contributed by atoms with Crippen molar-refractivity contribution in [1.29, 1.82) is 0 Å². The molecule has 1 saturated heterocycles. The molecule has 1 aromatic heterocycles. The predicted molar refractivity (Wildman–Crippen MR) is 164 cm³/mol. The van der Waals surface area contributed by atoms with Crippen LogP contribution in [0.25, 0.3) is 5.57 Å². The van der Waals surface area contributed by atoms with Gasteiger partial charge in [0.05, 0.1) is 22.3 Å². The minimum absolute atomic E-state index is 0.0238. The Labute approximate surface area is 250 Å². The van der Waals surface area contributed by atoms with E-state index in [4.69, 9.17) is 0 Å². The predicted octanol–water partition coefficient (Wildman–Crippen LogP) is 8.23. The van der Waals surface area contributed by atoms with Crippen molar-refractivity contribution in [3.8, 4) is 0 Å². The number of hydrogen-bond acceptors (Lipinski definition) is 5. The van der Waals surface area contributed by atoms with Crippen molar-refractivity contribution in [2.75, 3.05) is 25.5 Å². The molecule has 0 saturated carbocycles. The summed E-state index contributed by atoms with van der Waals surface area (Å²) in [4.78, 5) is 20.9. The Morgan fingerprint density at radius 3 is 2.52 bits per heavy atom. The topological polar surface area (TPSA) is 48.5 Å². The lowest BCUT2D eigenvalue weighted by Gasteiger charge is -2.37. The second kappa shape index (κ2) is 11.3. The number of fused-ring (bicyclic) bond motifs is 3. The molecule has 1 N–H and O–H groups in total. The van der Waals surface area contributed by atoms with E-state index in [9.17, 15) is 18.0 Å². The van der Waals surface area contributed by atoms with Crippen LogP contribution in [-0.4, -0.2) is 51.8 Å². The Balaban J connectivity index is 1.31. The normalized spacial score (nSPS) is 20.3. The summed E-state index contributed by atoms with van der Waals surface area (Å²) in [5.74, 6) is -0.734. The first-order chi connectivity index (χ1) is 19.9. The minimum atomic E-state index is -4.63. The molecular formula is C33H37F3N4OS. The van der Waals surface area contributed by atoms with Gasteiger partial charge >= 0.3 is 6.18 Å². The number of carbonyl (C=O) groups excluding carboxylic acids is 1. The zero-order chi connectivity index (χ0) is 30.4. The first-order valence-electron chi connectivity index (χ1n) is 14.3. The highest BCUT2D eigenvalue weighted by Crippen LogP contribution is 2.64. The molecule has 1 amide bonds. The first-order valence-corrected chi connectivity index (χ1v) is 15.1. The molecular weight excluding hydrogens is 557 g/mol. The highest BCUT2D eigenvalue weighted by Gasteiger charge is 2.50. The molecule has 1 fully saturated rings. The number of pyridine rings is 1. The molecule has 0 spiro atoms. The fourth-order valence-corrected chi connectivity index (χ4v) is 7.40. The summed E-state index contributed by atoms with van der Waals surface area (Å²) in [7, 11) is 1.26. The molecule has 5 rings (SSSR count). The zero-order valence-corrected chi connectivity index (χ0v) is 25.3. The van der Waals surface area contributed by atoms with Gasteiger partial charge in [-0.1, -0.05) is 56.5 Å². The smallest absolute Gasteiger partial charge is 0.368 e. The zero-order valence-electron chi connectivity index (χ0n) is 24.5. The molecule has 1 aliphatic carbocycles. The largest absolute Gasteiger partial charge is 0.413 e. The maximum atomic E-state index is 14.4. The van der Waals surface area contributed by atoms with Gasteiger partial charge in [-0.05, 0) is 54.5 Å². The second-order valence-electron chi connectivity index (χ2n) is 11.7. The molecule has 3 heterocycles. The quantitative estimate of drug-likeness (QED) is 0.234. The Hall–Kier alpha value is -3.42. The number of likely N-dealkylation sites (tertiary alicyclic amines) is 1. The SMILES string of the molecule is C=C=C(CC=C)N1CCC(C(=O)N(C)[C@@H](c2ccc(Nc3cnc4c(c3C(C)C)C3=CC3(C)S4)cc2)C(F)(F)F)CC1. The molecule has 2 atom stereocenters. The number of piperidine rings is 1. The van der Waals surface area contributed by atoms with Crippen LogP contribution in [0.15, 0.2) is 72.2 Å². The fraction of sp³-hybridized carbons (Fsp3) is 0.424. The average molecular weight is 595 g/mol. The van der Waals surface area contributed by atoms with E-state index >= 15 is 0 Å². The maximum absolute atomic E-state index is 14.4. The summed E-state index contributed by atoms with van der Waals surface area (Å²) in [5.41, 5.74) is 8.98. The number of rotatable bonds is 9. The van der Waals surface area contributed by atoms with Gasteiger partial charge in [0.15, 0.2) is 6.04 Å². The van der Waals surface area contributed by atoms with Crippen LogP contribution in [-0.2, 0) is 4.79 Å². The summed E-state index contributed by atoms with van der Waals surface area (Å²) in [6.45, 7) is 15.1. The van der Waals surface area contributed by atoms with E-state index in [1.807, 2.05) is 6.20 Å². The molecule has 222 valence electrons. The van der Waals surface area contributed by atoms with Gasteiger partial charge in [-0.15, -0.1) is 12.3 Å². The van der Waals surface area contributed by atoms with Gasteiger partial charge in [0, 0.05) is 43.7 Å². The van der Waals surface area contributed by atoms with Crippen molar-refractivity contribution in [2.45, 2.75) is 67.9 Å². The van der Waals surface area contributed by atoms with Crippen LogP contribution in [0, 0.1) is 5.92 Å². The number of anilines is 2. The fourth-order valence-electron chi connectivity index (χ4n) is 6.19. The third-order valence-corrected chi connectivity index (χ3v) is 9.69. The maximum Gasteiger partial charge on any atom is 0.413 e. The molecule has 1 aromatic carbocycles. The van der Waals surface area contributed by atoms with Gasteiger partial charge in [-0.2, -0.15) is 13.2 Å². The molecule has 2 aliphatic heterocycles. The summed E-state index contributed by atoms with van der Waals surface area (Å²) in [5, 5.41) is 4.42. The third-order valence-electron chi connectivity index (χ3n) is 8.43. The van der Waals surface area contributed by atoms with Crippen LogP contribution in [0.5, 0.6) is 0 Å². The van der Waals surface area contributed by atoms with Crippen LogP contribution in [0.1, 0.15) is 68.7 Å². The standard InChI is InChI=1S/C33H37F3N4OS/c1-7-9-24(8-2)40-16-14-22(15-17-40)31(41)39(6)29(33(34,35)36)21-10-12-23(13-11-21)38-26-19-37-30-28(27(26)20(3)4)25-18-32(25,5)42-30/h7,10-13,18-20,22,29,38H,1-2,9,14-17H2,3-6H3/t29-,32?/m0/s1. The van der Waals surface area contributed by atoms with Gasteiger partial charge in [-0.25, -0.2) is 4.98 Å². The van der Waals surface area contributed by atoms with Crippen molar-refractivity contribution in [3.63, 3.8) is 0 Å². The number of aromatic nitrogens is 1. The van der Waals surface area contributed by atoms with Gasteiger partial charge in [0.2, 0.25) is 5.91 Å². The number of carbonyl (C=O) groups is 1. The van der Waals surface area contributed by atoms with Gasteiger partial charge in [0.25, 0.3) is 0 Å². The van der Waals surface area contributed by atoms with Crippen molar-refractivity contribution < 1.29 is 18.0 Å². The number of alkyl halides is 3. The Morgan fingerprint density at radius 2 is 1.95 bits per heavy atom. The average Bonchev–Trinajstić information content (AvgIpc) is 3.52. The Bertz CT molecular complexity index is 1470. The lowest BCUT2D eigenvalue weighted by molar-refractivity contribution is -0.191. The summed E-state index contributed by atoms with van der Waals surface area (Å²) < 4.78 is 43.3. The minimum Gasteiger partial charge on any atom is -0.368 e. The highest BCUT2D eigenvalue weighted by atomic mass is 32.2. The highest BCUT2D eigenvalue weighted by molar-refractivity contribution is 8.02. The number of amides is 1. The van der Waals surface area contributed by atoms with E-state index in [1.165, 1.54) is 30.3 Å². The van der Waals surface area contributed by atoms with Gasteiger partial charge in [0.1, 0.15) is 5.03 Å². The van der Waals surface area contributed by atoms with E-state index in [-0.39, 0.29) is 16.2 Å². The van der Waals surface area contributed by atoms with E-state index in [0.29, 0.717) is 38.0 Å². The molecule has 0 bridgehead atoms. The van der Waals surface area contributed by atoms with Crippen LogP contribution >= 0.6 is 11.8 Å². The van der Waals surface area contributed by atoms with E-state index in [1.54, 1.807) is 30.0 Å². The Kier molecular flexibility index (Phi) is 8.12. The van der Waals surface area contributed by atoms with Crippen LogP contribution in [0.4, 0.5) is 24.5 Å². The number of halogens is 3. The van der Waals surface area contributed by atoms with Gasteiger partial charge < -0.3 is 15.1 Å². The van der Waals surface area contributed by atoms with Crippen molar-refractivity contribution in [1.82, 2.24) is 14.8 Å². The summed E-state index contributed by atoms with van der Waals surface area (Å²) in [6.07, 6.45) is 2.76. The van der Waals surface area contributed by atoms with Crippen molar-refractivity contribution >= 4 is 34.6 Å². The molecule has 5 nitrogen and oxygen atoms in total. The summed E-state index contributed by atoms with van der Waals surface area (Å²) in [6, 6.07) is 4.15. The molecule has 42 heavy (non-hydrogen) atoms. The summed E-state index contributed by atoms with van der Waals surface area (Å²) >= 11 is 1.76. The van der Waals surface area contributed by atoms with Gasteiger partial charge in [-0.3, -0.25) is 4.79 Å². The van der Waals surface area contributed by atoms with E-state index in [2.05, 4.69) is 60.9 Å².